The molecule has 3 amide bonds. The van der Waals surface area contributed by atoms with Gasteiger partial charge in [-0.2, -0.15) is 13.2 Å². The van der Waals surface area contributed by atoms with E-state index in [1.807, 2.05) is 39.0 Å². The number of nitrogens with one attached hydrogen (secondary N) is 4. The third-order valence-electron chi connectivity index (χ3n) is 9.20. The zero-order valence-electron chi connectivity index (χ0n) is 26.9. The number of thiocarbonyl (C=S) groups is 1. The first-order valence-corrected chi connectivity index (χ1v) is 16.2. The molecule has 9 nitrogen and oxygen atoms in total. The van der Waals surface area contributed by atoms with Crippen LogP contribution in [-0.4, -0.2) is 45.5 Å². The van der Waals surface area contributed by atoms with Gasteiger partial charge in [0, 0.05) is 17.5 Å². The van der Waals surface area contributed by atoms with Gasteiger partial charge in [0.1, 0.15) is 18.2 Å². The zero-order chi connectivity index (χ0) is 34.5. The van der Waals surface area contributed by atoms with E-state index in [1.165, 1.54) is 6.07 Å². The molecule has 4 rings (SSSR count). The molecule has 0 aliphatic heterocycles. The molecule has 254 valence electrons. The number of benzene rings is 2. The number of aromatic amines is 1. The second-order valence-corrected chi connectivity index (χ2v) is 12.8. The summed E-state index contributed by atoms with van der Waals surface area (Å²) in [7, 11) is 0. The van der Waals surface area contributed by atoms with Crippen molar-refractivity contribution in [1.82, 2.24) is 20.9 Å². The van der Waals surface area contributed by atoms with Crippen LogP contribution in [0.2, 0.25) is 0 Å². The maximum absolute atomic E-state index is 14.3. The number of alkyl halides is 3. The summed E-state index contributed by atoms with van der Waals surface area (Å²) in [4.78, 5) is 44.2. The van der Waals surface area contributed by atoms with Crippen molar-refractivity contribution >= 4 is 46.0 Å². The van der Waals surface area contributed by atoms with E-state index in [0.717, 1.165) is 11.6 Å². The number of nitrogens with two attached hydrogens (primary N) is 1. The van der Waals surface area contributed by atoms with E-state index in [4.69, 9.17) is 22.7 Å². The van der Waals surface area contributed by atoms with Crippen LogP contribution in [0.5, 0.6) is 0 Å². The standard InChI is InChI=1S/C34H42F3N5O4S/c1-5-19(3)26(29(38)47)40-31(44)33(16-15-25-23(17-33)22-13-10-14-24(28(22)39-25)34(35,36)37)42-30(43)27(20(4)6-2)41-32(45)46-18-21-11-8-7-9-12-21/h7-14,19-20,26-27,39H,5-6,15-18H2,1-4H3,(H2,38,47)(H,40,44)(H,41,45)(H,42,43)/t19-,20-,26?,27?,33+/m0/s1. The predicted octanol–water partition coefficient (Wildman–Crippen LogP) is 5.69. The molecule has 1 aliphatic rings. The number of ether oxygens (including phenoxy) is 1. The highest BCUT2D eigenvalue weighted by molar-refractivity contribution is 7.80. The minimum absolute atomic E-state index is 0.00683. The molecule has 0 radical (unpaired) electrons. The molecule has 1 aliphatic carbocycles. The molecule has 0 spiro atoms. The molecular formula is C34H42F3N5O4S. The molecule has 5 atom stereocenters. The van der Waals surface area contributed by atoms with Crippen LogP contribution < -0.4 is 21.7 Å². The number of aromatic nitrogens is 1. The maximum Gasteiger partial charge on any atom is 0.418 e. The number of aryl methyl sites for hydroxylation is 1. The lowest BCUT2D eigenvalue weighted by molar-refractivity contribution is -0.136. The van der Waals surface area contributed by atoms with Crippen LogP contribution in [0.4, 0.5) is 18.0 Å². The number of amides is 3. The minimum Gasteiger partial charge on any atom is -0.445 e. The van der Waals surface area contributed by atoms with E-state index >= 15 is 0 Å². The average molecular weight is 674 g/mol. The summed E-state index contributed by atoms with van der Waals surface area (Å²) < 4.78 is 47.1. The van der Waals surface area contributed by atoms with Crippen LogP contribution >= 0.6 is 12.2 Å². The smallest absolute Gasteiger partial charge is 0.418 e. The van der Waals surface area contributed by atoms with Crippen molar-refractivity contribution in [2.45, 2.75) is 90.2 Å². The number of hydrogen-bond donors (Lipinski definition) is 5. The number of para-hydroxylation sites is 1. The second kappa shape index (κ2) is 14.7. The van der Waals surface area contributed by atoms with Gasteiger partial charge >= 0.3 is 12.3 Å². The highest BCUT2D eigenvalue weighted by Gasteiger charge is 2.47. The average Bonchev–Trinajstić information content (AvgIpc) is 3.41. The van der Waals surface area contributed by atoms with Crippen LogP contribution in [0.15, 0.2) is 48.5 Å². The summed E-state index contributed by atoms with van der Waals surface area (Å²) >= 11 is 5.27. The summed E-state index contributed by atoms with van der Waals surface area (Å²) in [5, 5.41) is 8.83. The van der Waals surface area contributed by atoms with E-state index in [2.05, 4.69) is 20.9 Å². The summed E-state index contributed by atoms with van der Waals surface area (Å²) in [5.74, 6) is -1.67. The molecule has 1 heterocycles. The van der Waals surface area contributed by atoms with Gasteiger partial charge in [0.15, 0.2) is 0 Å². The molecule has 2 aromatic carbocycles. The Labute approximate surface area is 277 Å². The fraction of sp³-hybridized carbons (Fsp3) is 0.471. The monoisotopic (exact) mass is 673 g/mol. The Morgan fingerprint density at radius 3 is 2.28 bits per heavy atom. The number of alkyl carbamates (subject to hydrolysis) is 1. The number of rotatable bonds is 12. The maximum atomic E-state index is 14.3. The van der Waals surface area contributed by atoms with E-state index in [9.17, 15) is 27.6 Å². The van der Waals surface area contributed by atoms with E-state index in [-0.39, 0.29) is 48.2 Å². The first kappa shape index (κ1) is 35.7. The minimum atomic E-state index is -4.60. The van der Waals surface area contributed by atoms with Crippen molar-refractivity contribution < 1.29 is 32.3 Å². The van der Waals surface area contributed by atoms with Crippen molar-refractivity contribution in [2.24, 2.45) is 17.6 Å². The largest absolute Gasteiger partial charge is 0.445 e. The van der Waals surface area contributed by atoms with Gasteiger partial charge in [-0.1, -0.05) is 95.2 Å². The van der Waals surface area contributed by atoms with Crippen LogP contribution in [0.1, 0.15) is 69.3 Å². The topological polar surface area (TPSA) is 138 Å². The van der Waals surface area contributed by atoms with Crippen LogP contribution in [-0.2, 0) is 40.0 Å². The Hall–Kier alpha value is -4.13. The highest BCUT2D eigenvalue weighted by Crippen LogP contribution is 2.40. The first-order chi connectivity index (χ1) is 22.2. The molecule has 1 aromatic heterocycles. The number of H-pyrrole nitrogens is 1. The Morgan fingerprint density at radius 1 is 1.00 bits per heavy atom. The van der Waals surface area contributed by atoms with Crippen molar-refractivity contribution in [2.75, 3.05) is 0 Å². The van der Waals surface area contributed by atoms with Crippen LogP contribution in [0.25, 0.3) is 10.9 Å². The molecule has 0 fully saturated rings. The van der Waals surface area contributed by atoms with Gasteiger partial charge in [-0.15, -0.1) is 0 Å². The van der Waals surface area contributed by atoms with Crippen molar-refractivity contribution in [1.29, 1.82) is 0 Å². The number of carbonyl (C=O) groups excluding carboxylic acids is 3. The molecule has 13 heteroatoms. The molecule has 3 aromatic rings. The normalized spacial score (nSPS) is 18.7. The SMILES string of the molecule is CC[C@H](C)C(NC(=O)OCc1ccccc1)C(=O)N[C@]1(C(=O)NC(C(N)=S)[C@@H](C)CC)CCc2[nH]c3c(C(F)(F)F)cccc3c2C1. The lowest BCUT2D eigenvalue weighted by Gasteiger charge is -2.39. The Kier molecular flexibility index (Phi) is 11.2. The number of carbonyl (C=O) groups is 3. The second-order valence-electron chi connectivity index (χ2n) is 12.4. The van der Waals surface area contributed by atoms with Crippen molar-refractivity contribution in [3.05, 3.63) is 70.9 Å². The van der Waals surface area contributed by atoms with E-state index < -0.39 is 47.3 Å². The molecule has 2 unspecified atom stereocenters. The Bertz CT molecular complexity index is 1610. The lowest BCUT2D eigenvalue weighted by Crippen LogP contribution is -2.67. The molecular weight excluding hydrogens is 631 g/mol. The Morgan fingerprint density at radius 2 is 1.66 bits per heavy atom. The van der Waals surface area contributed by atoms with E-state index in [0.29, 0.717) is 29.5 Å². The zero-order valence-corrected chi connectivity index (χ0v) is 27.7. The molecule has 0 saturated heterocycles. The lowest BCUT2D eigenvalue weighted by atomic mass is 9.78. The number of hydrogen-bond acceptors (Lipinski definition) is 5. The van der Waals surface area contributed by atoms with Crippen LogP contribution in [0.3, 0.4) is 0 Å². The fourth-order valence-electron chi connectivity index (χ4n) is 5.98. The number of halogens is 3. The molecule has 0 bridgehead atoms. The fourth-order valence-corrected chi connectivity index (χ4v) is 6.27. The highest BCUT2D eigenvalue weighted by atomic mass is 32.1. The third kappa shape index (κ3) is 8.06. The first-order valence-electron chi connectivity index (χ1n) is 15.8. The van der Waals surface area contributed by atoms with E-state index in [1.54, 1.807) is 25.1 Å². The van der Waals surface area contributed by atoms with Gasteiger partial charge in [0.2, 0.25) is 11.8 Å². The number of fused-ring (bicyclic) bond motifs is 3. The van der Waals surface area contributed by atoms with Gasteiger partial charge < -0.3 is 31.4 Å². The molecule has 0 saturated carbocycles. The predicted molar refractivity (Wildman–Crippen MR) is 177 cm³/mol. The summed E-state index contributed by atoms with van der Waals surface area (Å²) in [6, 6.07) is 11.2. The van der Waals surface area contributed by atoms with Gasteiger partial charge in [-0.3, -0.25) is 9.59 Å². The van der Waals surface area contributed by atoms with Crippen molar-refractivity contribution in [3.63, 3.8) is 0 Å². The summed E-state index contributed by atoms with van der Waals surface area (Å²) in [5.41, 5.74) is 5.35. The van der Waals surface area contributed by atoms with Crippen LogP contribution in [0, 0.1) is 11.8 Å². The summed E-state index contributed by atoms with van der Waals surface area (Å²) in [6.45, 7) is 7.46. The van der Waals surface area contributed by atoms with Gasteiger partial charge in [0.05, 0.1) is 22.1 Å². The molecule has 47 heavy (non-hydrogen) atoms. The summed E-state index contributed by atoms with van der Waals surface area (Å²) in [6.07, 6.45) is -4.09. The van der Waals surface area contributed by atoms with Gasteiger partial charge in [0.25, 0.3) is 0 Å². The van der Waals surface area contributed by atoms with Gasteiger partial charge in [-0.25, -0.2) is 4.79 Å². The van der Waals surface area contributed by atoms with Crippen molar-refractivity contribution in [3.8, 4) is 0 Å². The quantitative estimate of drug-likeness (QED) is 0.157. The van der Waals surface area contributed by atoms with Gasteiger partial charge in [-0.05, 0) is 41.9 Å². The molecule has 6 N–H and O–H groups in total. The third-order valence-corrected chi connectivity index (χ3v) is 9.45. The Balaban J connectivity index is 1.69.